The summed E-state index contributed by atoms with van der Waals surface area (Å²) in [7, 11) is 0. The fourth-order valence-electron chi connectivity index (χ4n) is 9.17. The summed E-state index contributed by atoms with van der Waals surface area (Å²) in [6.07, 6.45) is 59.5. The van der Waals surface area contributed by atoms with Gasteiger partial charge >= 0.3 is 0 Å². The lowest BCUT2D eigenvalue weighted by molar-refractivity contribution is -0.190. The summed E-state index contributed by atoms with van der Waals surface area (Å²) in [5.41, 5.74) is -3.63. The summed E-state index contributed by atoms with van der Waals surface area (Å²) < 4.78 is 0. The molecule has 0 amide bonds. The molecule has 3 N–H and O–H groups in total. The van der Waals surface area contributed by atoms with Crippen molar-refractivity contribution in [2.45, 2.75) is 327 Å². The molecule has 2 unspecified atom stereocenters. The maximum atomic E-state index is 13.6. The molecule has 0 aromatic heterocycles. The average molecular weight is 833 g/mol. The van der Waals surface area contributed by atoms with E-state index in [2.05, 4.69) is 32.9 Å². The fourth-order valence-corrected chi connectivity index (χ4v) is 9.17. The Morgan fingerprint density at radius 3 is 0.864 bits per heavy atom. The molecule has 0 rings (SSSR count). The Bertz CT molecular complexity index is 871. The first kappa shape index (κ1) is 58.3. The number of rotatable bonds is 50. The average Bonchev–Trinajstić information content (AvgIpc) is 3.24. The summed E-state index contributed by atoms with van der Waals surface area (Å²) in [4.78, 5) is 13.6. The second-order valence-corrected chi connectivity index (χ2v) is 19.2. The first-order chi connectivity index (χ1) is 28.9. The Labute approximate surface area is 370 Å². The maximum Gasteiger partial charge on any atom is 0.174 e. The molecule has 0 aromatic rings. The van der Waals surface area contributed by atoms with E-state index in [-0.39, 0.29) is 12.2 Å². The van der Waals surface area contributed by atoms with Crippen LogP contribution >= 0.6 is 0 Å². The van der Waals surface area contributed by atoms with Crippen molar-refractivity contribution in [2.75, 3.05) is 6.61 Å². The zero-order chi connectivity index (χ0) is 43.2. The highest BCUT2D eigenvalue weighted by Gasteiger charge is 2.52. The van der Waals surface area contributed by atoms with Crippen molar-refractivity contribution in [3.8, 4) is 0 Å². The number of ketones is 1. The number of aliphatic hydroxyl groups is 3. The number of Topliss-reactive ketones (excluding diaryl/α,β-unsaturated/α-hetero) is 1. The van der Waals surface area contributed by atoms with Crippen molar-refractivity contribution >= 4 is 5.78 Å². The molecule has 0 spiro atoms. The number of hydrogen-bond acceptors (Lipinski definition) is 4. The van der Waals surface area contributed by atoms with Crippen LogP contribution in [-0.2, 0) is 4.79 Å². The minimum absolute atomic E-state index is 0.240. The van der Waals surface area contributed by atoms with Gasteiger partial charge in [-0.1, -0.05) is 277 Å². The first-order valence-electron chi connectivity index (χ1n) is 27.2. The van der Waals surface area contributed by atoms with E-state index >= 15 is 0 Å². The van der Waals surface area contributed by atoms with Crippen LogP contribution in [0.1, 0.15) is 316 Å². The van der Waals surface area contributed by atoms with E-state index < -0.39 is 17.8 Å². The molecule has 0 fully saturated rings. The van der Waals surface area contributed by atoms with Gasteiger partial charge in [0.1, 0.15) is 5.60 Å². The van der Waals surface area contributed by atoms with Gasteiger partial charge in [-0.3, -0.25) is 4.79 Å². The van der Waals surface area contributed by atoms with E-state index in [9.17, 15) is 20.1 Å². The minimum atomic E-state index is -2.07. The quantitative estimate of drug-likeness (QED) is 0.0421. The zero-order valence-corrected chi connectivity index (χ0v) is 40.6. The fraction of sp³-hybridized carbons (Fsp3) is 0.945. The number of hydrogen-bond donors (Lipinski definition) is 3. The normalized spacial score (nSPS) is 14.0. The Morgan fingerprint density at radius 2 is 0.593 bits per heavy atom. The maximum absolute atomic E-state index is 13.6. The Hall–Kier alpha value is -0.710. The third kappa shape index (κ3) is 35.4. The smallest absolute Gasteiger partial charge is 0.174 e. The molecule has 0 aliphatic carbocycles. The molecular weight excluding hydrogens is 725 g/mol. The monoisotopic (exact) mass is 833 g/mol. The Kier molecular flexibility index (Phi) is 44.8. The molecule has 0 saturated carbocycles. The van der Waals surface area contributed by atoms with Crippen molar-refractivity contribution in [1.29, 1.82) is 0 Å². The summed E-state index contributed by atoms with van der Waals surface area (Å²) in [5.74, 6) is -0.355. The summed E-state index contributed by atoms with van der Waals surface area (Å²) in [6, 6.07) is 0. The topological polar surface area (TPSA) is 77.8 Å². The molecule has 0 aromatic carbocycles. The second kappa shape index (κ2) is 45.3. The lowest BCUT2D eigenvalue weighted by Crippen LogP contribution is -2.61. The Morgan fingerprint density at radius 1 is 0.356 bits per heavy atom. The minimum Gasteiger partial charge on any atom is -0.393 e. The molecule has 59 heavy (non-hydrogen) atoms. The lowest BCUT2D eigenvalue weighted by atomic mass is 9.72. The van der Waals surface area contributed by atoms with Gasteiger partial charge in [-0.2, -0.15) is 0 Å². The predicted octanol–water partition coefficient (Wildman–Crippen LogP) is 17.6. The van der Waals surface area contributed by atoms with Crippen LogP contribution < -0.4 is 0 Å². The van der Waals surface area contributed by atoms with Crippen molar-refractivity contribution < 1.29 is 20.1 Å². The molecule has 4 heteroatoms. The van der Waals surface area contributed by atoms with E-state index in [4.69, 9.17) is 0 Å². The number of carbonyl (C=O) groups is 1. The summed E-state index contributed by atoms with van der Waals surface area (Å²) >= 11 is 0. The molecular formula is C55H108O4. The molecule has 4 nitrogen and oxygen atoms in total. The Balaban J connectivity index is 4.63. The van der Waals surface area contributed by atoms with E-state index in [0.29, 0.717) is 12.8 Å². The highest BCUT2D eigenvalue weighted by molar-refractivity contribution is 5.88. The molecule has 0 aliphatic rings. The van der Waals surface area contributed by atoms with Gasteiger partial charge in [-0.05, 0) is 44.9 Å². The van der Waals surface area contributed by atoms with E-state index in [1.54, 1.807) is 0 Å². The van der Waals surface area contributed by atoms with Crippen LogP contribution in [0, 0.1) is 0 Å². The van der Waals surface area contributed by atoms with Crippen LogP contribution in [0.25, 0.3) is 0 Å². The van der Waals surface area contributed by atoms with Crippen LogP contribution in [0.15, 0.2) is 12.2 Å². The number of aliphatic hydroxyl groups excluding tert-OH is 1. The summed E-state index contributed by atoms with van der Waals surface area (Å²) in [6.45, 7) is 6.14. The van der Waals surface area contributed by atoms with E-state index in [0.717, 1.165) is 57.8 Å². The number of allylic oxidation sites excluding steroid dienone is 2. The van der Waals surface area contributed by atoms with Crippen LogP contribution in [0.4, 0.5) is 0 Å². The van der Waals surface area contributed by atoms with Gasteiger partial charge in [-0.25, -0.2) is 0 Å². The van der Waals surface area contributed by atoms with Crippen LogP contribution in [0.3, 0.4) is 0 Å². The van der Waals surface area contributed by atoms with Crippen molar-refractivity contribution in [3.05, 3.63) is 12.2 Å². The standard InChI is InChI=1S/C55H108O4/c1-4-7-10-13-16-19-22-25-27-29-32-35-38-41-44-47-50-54(58,51-48-45-42-39-36-33-30-28-26-23-20-17-14-11-8-5-2)55(59,52-56)53(57)49-46-43-40-37-34-31-24-21-18-15-12-9-6-3/h25,27,56,58-59H,4-24,26,28-52H2,1-3H3/b27-25-. The molecule has 0 bridgehead atoms. The van der Waals surface area contributed by atoms with Crippen LogP contribution in [-0.4, -0.2) is 38.9 Å². The summed E-state index contributed by atoms with van der Waals surface area (Å²) in [5, 5.41) is 34.4. The van der Waals surface area contributed by atoms with Crippen LogP contribution in [0.2, 0.25) is 0 Å². The third-order valence-electron chi connectivity index (χ3n) is 13.5. The van der Waals surface area contributed by atoms with Gasteiger partial charge in [0.2, 0.25) is 0 Å². The molecule has 0 heterocycles. The first-order valence-corrected chi connectivity index (χ1v) is 27.2. The predicted molar refractivity (Wildman–Crippen MR) is 261 cm³/mol. The van der Waals surface area contributed by atoms with Crippen molar-refractivity contribution in [1.82, 2.24) is 0 Å². The molecule has 0 radical (unpaired) electrons. The molecule has 352 valence electrons. The number of unbranched alkanes of at least 4 members (excludes halogenated alkanes) is 39. The van der Waals surface area contributed by atoms with E-state index in [1.165, 1.54) is 218 Å². The van der Waals surface area contributed by atoms with Gasteiger partial charge in [0.05, 0.1) is 6.61 Å². The van der Waals surface area contributed by atoms with Crippen molar-refractivity contribution in [2.24, 2.45) is 0 Å². The third-order valence-corrected chi connectivity index (χ3v) is 13.5. The van der Waals surface area contributed by atoms with E-state index in [1.807, 2.05) is 0 Å². The lowest BCUT2D eigenvalue weighted by Gasteiger charge is -2.42. The second-order valence-electron chi connectivity index (χ2n) is 19.2. The molecule has 0 aliphatic heterocycles. The van der Waals surface area contributed by atoms with Gasteiger partial charge in [-0.15, -0.1) is 0 Å². The molecule has 2 atom stereocenters. The number of carbonyl (C=O) groups excluding carboxylic acids is 1. The highest BCUT2D eigenvalue weighted by atomic mass is 16.4. The SMILES string of the molecule is CCCCCCCC/C=C\CCCCCCCCC(O)(CCCCCCCCCCCCCCCCCC)C(O)(CO)C(=O)CCCCCCCCCCCCCCC. The van der Waals surface area contributed by atoms with Crippen LogP contribution in [0.5, 0.6) is 0 Å². The highest BCUT2D eigenvalue weighted by Crippen LogP contribution is 2.36. The van der Waals surface area contributed by atoms with Gasteiger partial charge in [0, 0.05) is 6.42 Å². The van der Waals surface area contributed by atoms with Crippen molar-refractivity contribution in [3.63, 3.8) is 0 Å². The van der Waals surface area contributed by atoms with Gasteiger partial charge in [0.25, 0.3) is 0 Å². The van der Waals surface area contributed by atoms with Gasteiger partial charge in [0.15, 0.2) is 11.4 Å². The molecule has 0 saturated heterocycles. The largest absolute Gasteiger partial charge is 0.393 e. The van der Waals surface area contributed by atoms with Gasteiger partial charge < -0.3 is 15.3 Å². The zero-order valence-electron chi connectivity index (χ0n) is 40.6.